The van der Waals surface area contributed by atoms with Crippen molar-refractivity contribution < 1.29 is 14.3 Å². The molecule has 1 N–H and O–H groups in total. The summed E-state index contributed by atoms with van der Waals surface area (Å²) in [5.74, 6) is -1.10. The average Bonchev–Trinajstić information content (AvgIpc) is 3.07. The molecule has 1 unspecified atom stereocenters. The van der Waals surface area contributed by atoms with Gasteiger partial charge in [-0.2, -0.15) is 0 Å². The molecule has 178 valence electrons. The van der Waals surface area contributed by atoms with Gasteiger partial charge in [-0.3, -0.25) is 14.7 Å². The van der Waals surface area contributed by atoms with Crippen molar-refractivity contribution in [1.82, 2.24) is 4.90 Å². The molecule has 0 radical (unpaired) electrons. The minimum absolute atomic E-state index is 0.138. The summed E-state index contributed by atoms with van der Waals surface area (Å²) in [6.07, 6.45) is 11.1. The van der Waals surface area contributed by atoms with Crippen molar-refractivity contribution in [3.8, 4) is 0 Å². The maximum absolute atomic E-state index is 12.7. The summed E-state index contributed by atoms with van der Waals surface area (Å²) in [6.45, 7) is 4.75. The minimum Gasteiger partial charge on any atom is -0.465 e. The van der Waals surface area contributed by atoms with Gasteiger partial charge in [0.2, 0.25) is 5.91 Å². The van der Waals surface area contributed by atoms with E-state index < -0.39 is 11.9 Å². The maximum atomic E-state index is 12.7. The molecule has 0 saturated carbocycles. The number of hydrogen-bond donors (Lipinski definition) is 1. The van der Waals surface area contributed by atoms with Crippen LogP contribution in [0.2, 0.25) is 0 Å². The highest BCUT2D eigenvalue weighted by molar-refractivity contribution is 6.18. The standard InChI is InChI=1S/C29H29N3O3/c1-19(27-25-17-23(29(34)35-2)9-12-26(25)31-28(27)33)30-24-10-7-20(8-11-24)18-32-15-13-21-5-3-4-6-22(21)14-16-32/h3-5,7-12,14,17,27H,6,13,15-16,18H2,1-2H3,(H,31,33). The first-order chi connectivity index (χ1) is 17.0. The van der Waals surface area contributed by atoms with Crippen molar-refractivity contribution in [2.45, 2.75) is 32.2 Å². The van der Waals surface area contributed by atoms with E-state index in [0.29, 0.717) is 17.0 Å². The van der Waals surface area contributed by atoms with E-state index in [9.17, 15) is 9.59 Å². The first kappa shape index (κ1) is 23.0. The molecule has 0 spiro atoms. The van der Waals surface area contributed by atoms with Crippen molar-refractivity contribution in [2.24, 2.45) is 4.99 Å². The van der Waals surface area contributed by atoms with Gasteiger partial charge in [-0.15, -0.1) is 0 Å². The third-order valence-electron chi connectivity index (χ3n) is 6.85. The number of hydrogen-bond acceptors (Lipinski definition) is 5. The highest BCUT2D eigenvalue weighted by Crippen LogP contribution is 2.35. The van der Waals surface area contributed by atoms with Crippen LogP contribution in [-0.4, -0.2) is 42.7 Å². The fourth-order valence-corrected chi connectivity index (χ4v) is 4.95. The Balaban J connectivity index is 1.28. The van der Waals surface area contributed by atoms with E-state index in [1.165, 1.54) is 23.8 Å². The van der Waals surface area contributed by atoms with Crippen LogP contribution in [0.15, 0.2) is 82.9 Å². The number of rotatable bonds is 5. The van der Waals surface area contributed by atoms with Gasteiger partial charge in [0.25, 0.3) is 0 Å². The third-order valence-corrected chi connectivity index (χ3v) is 6.85. The van der Waals surface area contributed by atoms with Gasteiger partial charge in [-0.1, -0.05) is 36.4 Å². The first-order valence-electron chi connectivity index (χ1n) is 12.0. The fourth-order valence-electron chi connectivity index (χ4n) is 4.95. The van der Waals surface area contributed by atoms with Crippen LogP contribution >= 0.6 is 0 Å². The molecular formula is C29H29N3O3. The lowest BCUT2D eigenvalue weighted by atomic mass is 9.94. The Morgan fingerprint density at radius 3 is 2.80 bits per heavy atom. The van der Waals surface area contributed by atoms with Crippen LogP contribution in [0.4, 0.5) is 11.4 Å². The second-order valence-corrected chi connectivity index (χ2v) is 9.17. The number of methoxy groups -OCH3 is 1. The highest BCUT2D eigenvalue weighted by Gasteiger charge is 2.33. The number of nitrogens with zero attached hydrogens (tertiary/aromatic N) is 2. The van der Waals surface area contributed by atoms with E-state index in [1.807, 2.05) is 19.1 Å². The van der Waals surface area contributed by atoms with E-state index in [4.69, 9.17) is 9.73 Å². The summed E-state index contributed by atoms with van der Waals surface area (Å²) in [5.41, 5.74) is 7.52. The monoisotopic (exact) mass is 467 g/mol. The fraction of sp³-hybridized carbons (Fsp3) is 0.276. The molecular weight excluding hydrogens is 438 g/mol. The van der Waals surface area contributed by atoms with Crippen molar-refractivity contribution in [2.75, 3.05) is 25.5 Å². The third kappa shape index (κ3) is 4.88. The van der Waals surface area contributed by atoms with Crippen LogP contribution in [0.5, 0.6) is 0 Å². The van der Waals surface area contributed by atoms with Crippen molar-refractivity contribution in [3.63, 3.8) is 0 Å². The molecule has 2 heterocycles. The number of fused-ring (bicyclic) bond motifs is 2. The van der Waals surface area contributed by atoms with Gasteiger partial charge in [-0.25, -0.2) is 4.79 Å². The zero-order valence-corrected chi connectivity index (χ0v) is 20.1. The lowest BCUT2D eigenvalue weighted by Crippen LogP contribution is -2.23. The smallest absolute Gasteiger partial charge is 0.337 e. The zero-order valence-electron chi connectivity index (χ0n) is 20.1. The second kappa shape index (κ2) is 9.84. The van der Waals surface area contributed by atoms with Crippen LogP contribution in [-0.2, 0) is 16.1 Å². The molecule has 35 heavy (non-hydrogen) atoms. The van der Waals surface area contributed by atoms with Gasteiger partial charge >= 0.3 is 5.97 Å². The van der Waals surface area contributed by atoms with Crippen molar-refractivity contribution >= 4 is 29.0 Å². The summed E-state index contributed by atoms with van der Waals surface area (Å²) in [4.78, 5) is 31.8. The Morgan fingerprint density at radius 2 is 2.00 bits per heavy atom. The van der Waals surface area contributed by atoms with Gasteiger partial charge < -0.3 is 10.1 Å². The topological polar surface area (TPSA) is 71.0 Å². The SMILES string of the molecule is COC(=O)c1ccc2c(c1)C(C(C)=Nc1ccc(CN3CC=C4CC=CC=C4CC3)cc1)C(=O)N2. The van der Waals surface area contributed by atoms with E-state index in [-0.39, 0.29) is 5.91 Å². The normalized spacial score (nSPS) is 19.8. The predicted octanol–water partition coefficient (Wildman–Crippen LogP) is 5.32. The molecule has 0 saturated heterocycles. The number of amides is 1. The summed E-state index contributed by atoms with van der Waals surface area (Å²) in [5, 5.41) is 2.89. The van der Waals surface area contributed by atoms with Crippen LogP contribution in [0.1, 0.15) is 47.2 Å². The van der Waals surface area contributed by atoms with Crippen LogP contribution in [0.3, 0.4) is 0 Å². The number of carbonyl (C=O) groups is 2. The van der Waals surface area contributed by atoms with Crippen molar-refractivity contribution in [1.29, 1.82) is 0 Å². The molecule has 2 aromatic carbocycles. The number of ether oxygens (including phenoxy) is 1. The Hall–Kier alpha value is -3.77. The number of carbonyl (C=O) groups excluding carboxylic acids is 2. The van der Waals surface area contributed by atoms with Crippen molar-refractivity contribution in [3.05, 3.63) is 94.6 Å². The number of nitrogens with one attached hydrogen (secondary N) is 1. The molecule has 0 bridgehead atoms. The first-order valence-corrected chi connectivity index (χ1v) is 12.0. The number of aliphatic imine (C=N–C) groups is 1. The predicted molar refractivity (Wildman–Crippen MR) is 138 cm³/mol. The average molecular weight is 468 g/mol. The second-order valence-electron chi connectivity index (χ2n) is 9.17. The Morgan fingerprint density at radius 1 is 1.17 bits per heavy atom. The molecule has 0 aromatic heterocycles. The Labute approximate surface area is 205 Å². The van der Waals surface area contributed by atoms with Crippen LogP contribution < -0.4 is 5.32 Å². The molecule has 1 aliphatic carbocycles. The molecule has 6 heteroatoms. The maximum Gasteiger partial charge on any atom is 0.337 e. The molecule has 1 amide bonds. The van der Waals surface area contributed by atoms with Gasteiger partial charge in [-0.05, 0) is 72.4 Å². The van der Waals surface area contributed by atoms with Crippen LogP contribution in [0, 0.1) is 0 Å². The molecule has 1 atom stereocenters. The van der Waals surface area contributed by atoms with E-state index in [2.05, 4.69) is 46.7 Å². The molecule has 5 rings (SSSR count). The molecule has 3 aliphatic rings. The zero-order chi connectivity index (χ0) is 24.4. The highest BCUT2D eigenvalue weighted by atomic mass is 16.5. The van der Waals surface area contributed by atoms with Gasteiger partial charge in [0.1, 0.15) is 5.92 Å². The summed E-state index contributed by atoms with van der Waals surface area (Å²) < 4.78 is 4.82. The largest absolute Gasteiger partial charge is 0.465 e. The summed E-state index contributed by atoms with van der Waals surface area (Å²) >= 11 is 0. The minimum atomic E-state index is -0.535. The number of benzene rings is 2. The lowest BCUT2D eigenvalue weighted by Gasteiger charge is -2.19. The molecule has 2 aliphatic heterocycles. The molecule has 6 nitrogen and oxygen atoms in total. The number of allylic oxidation sites excluding steroid dienone is 4. The van der Waals surface area contributed by atoms with E-state index in [0.717, 1.165) is 43.7 Å². The number of anilines is 1. The quantitative estimate of drug-likeness (QED) is 0.477. The molecule has 0 fully saturated rings. The Kier molecular flexibility index (Phi) is 6.47. The summed E-state index contributed by atoms with van der Waals surface area (Å²) in [6, 6.07) is 13.3. The number of esters is 1. The lowest BCUT2D eigenvalue weighted by molar-refractivity contribution is -0.115. The van der Waals surface area contributed by atoms with Gasteiger partial charge in [0, 0.05) is 31.0 Å². The summed E-state index contributed by atoms with van der Waals surface area (Å²) in [7, 11) is 1.35. The molecule has 2 aromatic rings. The Bertz CT molecular complexity index is 1280. The van der Waals surface area contributed by atoms with E-state index in [1.54, 1.807) is 18.2 Å². The van der Waals surface area contributed by atoms with Gasteiger partial charge in [0.15, 0.2) is 0 Å². The van der Waals surface area contributed by atoms with Gasteiger partial charge in [0.05, 0.1) is 18.4 Å². The van der Waals surface area contributed by atoms with E-state index >= 15 is 0 Å². The van der Waals surface area contributed by atoms with Crippen LogP contribution in [0.25, 0.3) is 0 Å².